The maximum absolute atomic E-state index is 12.9. The number of ether oxygens (including phenoxy) is 1. The van der Waals surface area contributed by atoms with Gasteiger partial charge in [0.1, 0.15) is 17.4 Å². The lowest BCUT2D eigenvalue weighted by Crippen LogP contribution is -2.20. The number of benzene rings is 3. The number of alkyl halides is 3. The Hall–Kier alpha value is -3.33. The van der Waals surface area contributed by atoms with Gasteiger partial charge in [0.15, 0.2) is 6.61 Å². The second-order valence-corrected chi connectivity index (χ2v) is 9.93. The number of hydrogen-bond acceptors (Lipinski definition) is 4. The molecule has 0 saturated carbocycles. The lowest BCUT2D eigenvalue weighted by atomic mass is 10.1. The molecular formula is C26H17Br2ClF3N3O3. The van der Waals surface area contributed by atoms with Crippen molar-refractivity contribution >= 4 is 72.7 Å². The molecule has 0 bridgehead atoms. The predicted octanol–water partition coefficient (Wildman–Crippen LogP) is 7.76. The third kappa shape index (κ3) is 7.84. The SMILES string of the molecule is Cc1ccc(NC(=O)COc2c(Br)cc(/C=C(\C#N)C(=O)Nc3cccc(C(F)(F)F)c3)cc2Br)cc1Cl. The van der Waals surface area contributed by atoms with Crippen LogP contribution in [0.5, 0.6) is 5.75 Å². The Balaban J connectivity index is 1.70. The molecule has 0 aliphatic rings. The van der Waals surface area contributed by atoms with Gasteiger partial charge in [0.25, 0.3) is 11.8 Å². The van der Waals surface area contributed by atoms with Crippen molar-refractivity contribution in [3.05, 3.63) is 90.8 Å². The number of nitrogens with zero attached hydrogens (tertiary/aromatic N) is 1. The lowest BCUT2D eigenvalue weighted by Gasteiger charge is -2.12. The molecule has 0 spiro atoms. The van der Waals surface area contributed by atoms with Crippen LogP contribution in [0.15, 0.2) is 69.1 Å². The molecule has 0 fully saturated rings. The first-order valence-electron chi connectivity index (χ1n) is 10.7. The number of anilines is 2. The van der Waals surface area contributed by atoms with Crippen molar-refractivity contribution in [3.8, 4) is 11.8 Å². The summed E-state index contributed by atoms with van der Waals surface area (Å²) in [5, 5.41) is 14.9. The summed E-state index contributed by atoms with van der Waals surface area (Å²) in [5.41, 5.74) is 0.410. The van der Waals surface area contributed by atoms with Crippen molar-refractivity contribution in [2.24, 2.45) is 0 Å². The smallest absolute Gasteiger partial charge is 0.416 e. The first-order valence-corrected chi connectivity index (χ1v) is 12.6. The van der Waals surface area contributed by atoms with Crippen LogP contribution in [0.4, 0.5) is 24.5 Å². The number of nitriles is 1. The first-order chi connectivity index (χ1) is 17.9. The lowest BCUT2D eigenvalue weighted by molar-refractivity contribution is -0.137. The molecule has 3 aromatic rings. The minimum Gasteiger partial charge on any atom is -0.481 e. The van der Waals surface area contributed by atoms with Crippen LogP contribution in [0, 0.1) is 18.3 Å². The maximum atomic E-state index is 12.9. The zero-order valence-electron chi connectivity index (χ0n) is 19.4. The number of carbonyl (C=O) groups is 2. The van der Waals surface area contributed by atoms with E-state index in [1.807, 2.05) is 6.92 Å². The van der Waals surface area contributed by atoms with Crippen molar-refractivity contribution in [2.45, 2.75) is 13.1 Å². The largest absolute Gasteiger partial charge is 0.481 e. The highest BCUT2D eigenvalue weighted by atomic mass is 79.9. The standard InChI is InChI=1S/C26H17Br2ClF3N3O3/c1-14-5-6-19(11-22(14)29)34-23(36)13-38-24-20(27)8-15(9-21(24)28)7-16(12-33)25(37)35-18-4-2-3-17(10-18)26(30,31)32/h2-11H,13H2,1H3,(H,34,36)(H,35,37)/b16-7+. The van der Waals surface area contributed by atoms with Crippen LogP contribution in [0.1, 0.15) is 16.7 Å². The van der Waals surface area contributed by atoms with Crippen LogP contribution in [0.25, 0.3) is 6.08 Å². The monoisotopic (exact) mass is 669 g/mol. The molecule has 0 saturated heterocycles. The molecule has 2 N–H and O–H groups in total. The zero-order chi connectivity index (χ0) is 28.0. The molecule has 0 atom stereocenters. The third-order valence-corrected chi connectivity index (χ3v) is 6.53. The summed E-state index contributed by atoms with van der Waals surface area (Å²) in [6, 6.07) is 14.0. The molecule has 3 rings (SSSR count). The Bertz CT molecular complexity index is 1450. The van der Waals surface area contributed by atoms with Gasteiger partial charge in [-0.05, 0) is 98.5 Å². The average molecular weight is 672 g/mol. The Labute approximate surface area is 237 Å². The van der Waals surface area contributed by atoms with Crippen LogP contribution in [0.2, 0.25) is 5.02 Å². The number of rotatable bonds is 7. The van der Waals surface area contributed by atoms with E-state index in [2.05, 4.69) is 42.5 Å². The van der Waals surface area contributed by atoms with E-state index in [1.54, 1.807) is 36.4 Å². The van der Waals surface area contributed by atoms with Gasteiger partial charge in [-0.1, -0.05) is 23.7 Å². The highest BCUT2D eigenvalue weighted by Gasteiger charge is 2.30. The van der Waals surface area contributed by atoms with E-state index in [-0.39, 0.29) is 17.9 Å². The van der Waals surface area contributed by atoms with E-state index in [9.17, 15) is 28.0 Å². The number of carbonyl (C=O) groups excluding carboxylic acids is 2. The molecular weight excluding hydrogens is 655 g/mol. The van der Waals surface area contributed by atoms with Crippen molar-refractivity contribution in [2.75, 3.05) is 17.2 Å². The number of nitrogens with one attached hydrogen (secondary N) is 2. The van der Waals surface area contributed by atoms with E-state index in [0.717, 1.165) is 23.8 Å². The molecule has 0 aliphatic carbocycles. The number of aryl methyl sites for hydroxylation is 1. The summed E-state index contributed by atoms with van der Waals surface area (Å²) in [7, 11) is 0. The second-order valence-electron chi connectivity index (χ2n) is 7.82. The van der Waals surface area contributed by atoms with E-state index in [1.165, 1.54) is 12.1 Å². The molecule has 0 aliphatic heterocycles. The molecule has 0 radical (unpaired) electrons. The summed E-state index contributed by atoms with van der Waals surface area (Å²) in [6.07, 6.45) is -3.32. The highest BCUT2D eigenvalue weighted by Crippen LogP contribution is 2.36. The van der Waals surface area contributed by atoms with Crippen molar-refractivity contribution < 1.29 is 27.5 Å². The van der Waals surface area contributed by atoms with Gasteiger partial charge in [-0.2, -0.15) is 18.4 Å². The molecule has 0 unspecified atom stereocenters. The van der Waals surface area contributed by atoms with Crippen LogP contribution in [-0.2, 0) is 15.8 Å². The molecule has 0 aromatic heterocycles. The van der Waals surface area contributed by atoms with E-state index < -0.39 is 23.6 Å². The van der Waals surface area contributed by atoms with Gasteiger partial charge in [-0.25, -0.2) is 0 Å². The number of hydrogen-bond donors (Lipinski definition) is 2. The summed E-state index contributed by atoms with van der Waals surface area (Å²) < 4.78 is 45.2. The minimum atomic E-state index is -4.58. The molecule has 0 heterocycles. The summed E-state index contributed by atoms with van der Waals surface area (Å²) in [5.74, 6) is -1.01. The Morgan fingerprint density at radius 1 is 1.05 bits per heavy atom. The molecule has 12 heteroatoms. The Morgan fingerprint density at radius 3 is 2.32 bits per heavy atom. The molecule has 2 amide bonds. The molecule has 6 nitrogen and oxygen atoms in total. The van der Waals surface area contributed by atoms with Crippen molar-refractivity contribution in [1.29, 1.82) is 5.26 Å². The summed E-state index contributed by atoms with van der Waals surface area (Å²) >= 11 is 12.7. The van der Waals surface area contributed by atoms with Crippen molar-refractivity contribution in [1.82, 2.24) is 0 Å². The van der Waals surface area contributed by atoms with Gasteiger partial charge in [-0.15, -0.1) is 0 Å². The topological polar surface area (TPSA) is 91.2 Å². The fourth-order valence-electron chi connectivity index (χ4n) is 3.09. The average Bonchev–Trinajstić information content (AvgIpc) is 2.84. The van der Waals surface area contributed by atoms with Crippen LogP contribution < -0.4 is 15.4 Å². The molecule has 38 heavy (non-hydrogen) atoms. The van der Waals surface area contributed by atoms with Gasteiger partial charge in [0, 0.05) is 16.4 Å². The van der Waals surface area contributed by atoms with Crippen LogP contribution in [-0.4, -0.2) is 18.4 Å². The van der Waals surface area contributed by atoms with Crippen LogP contribution in [0.3, 0.4) is 0 Å². The van der Waals surface area contributed by atoms with E-state index in [4.69, 9.17) is 16.3 Å². The Kier molecular flexibility index (Phi) is 9.60. The molecule has 196 valence electrons. The summed E-state index contributed by atoms with van der Waals surface area (Å²) in [4.78, 5) is 24.8. The van der Waals surface area contributed by atoms with E-state index >= 15 is 0 Å². The predicted molar refractivity (Wildman–Crippen MR) is 146 cm³/mol. The first kappa shape index (κ1) is 29.2. The fourth-order valence-corrected chi connectivity index (χ4v) is 4.72. The molecule has 3 aromatic carbocycles. The fraction of sp³-hybridized carbons (Fsp3) is 0.115. The highest BCUT2D eigenvalue weighted by molar-refractivity contribution is 9.11. The van der Waals surface area contributed by atoms with Gasteiger partial charge in [-0.3, -0.25) is 9.59 Å². The zero-order valence-corrected chi connectivity index (χ0v) is 23.3. The van der Waals surface area contributed by atoms with Gasteiger partial charge in [0.2, 0.25) is 0 Å². The van der Waals surface area contributed by atoms with Crippen molar-refractivity contribution in [3.63, 3.8) is 0 Å². The van der Waals surface area contributed by atoms with E-state index in [0.29, 0.717) is 31.0 Å². The van der Waals surface area contributed by atoms with Crippen LogP contribution >= 0.6 is 43.5 Å². The minimum absolute atomic E-state index is 0.108. The van der Waals surface area contributed by atoms with Gasteiger partial charge in [0.05, 0.1) is 14.5 Å². The number of amides is 2. The second kappa shape index (κ2) is 12.5. The summed E-state index contributed by atoms with van der Waals surface area (Å²) in [6.45, 7) is 1.52. The third-order valence-electron chi connectivity index (χ3n) is 4.95. The maximum Gasteiger partial charge on any atom is 0.416 e. The normalized spacial score (nSPS) is 11.5. The number of halogens is 6. The van der Waals surface area contributed by atoms with Gasteiger partial charge < -0.3 is 15.4 Å². The van der Waals surface area contributed by atoms with Gasteiger partial charge >= 0.3 is 6.18 Å². The Morgan fingerprint density at radius 2 is 1.71 bits per heavy atom. The quantitative estimate of drug-likeness (QED) is 0.199.